The first-order chi connectivity index (χ1) is 7.73. The topological polar surface area (TPSA) is 36.9 Å². The molecule has 1 aromatic carbocycles. The van der Waals surface area contributed by atoms with Crippen molar-refractivity contribution in [2.24, 2.45) is 0 Å². The monoisotopic (exact) mass is 226 g/mol. The highest BCUT2D eigenvalue weighted by Crippen LogP contribution is 2.45. The predicted octanol–water partition coefficient (Wildman–Crippen LogP) is 2.28. The van der Waals surface area contributed by atoms with Crippen LogP contribution in [0.3, 0.4) is 0 Å². The van der Waals surface area contributed by atoms with E-state index in [4.69, 9.17) is 18.9 Å². The van der Waals surface area contributed by atoms with Gasteiger partial charge < -0.3 is 18.9 Å². The van der Waals surface area contributed by atoms with Gasteiger partial charge in [-0.3, -0.25) is 0 Å². The lowest BCUT2D eigenvalue weighted by molar-refractivity contribution is 0.315. The van der Waals surface area contributed by atoms with E-state index in [1.807, 2.05) is 6.92 Å². The normalized spacial score (nSPS) is 9.81. The van der Waals surface area contributed by atoms with Crippen molar-refractivity contribution in [3.05, 3.63) is 11.6 Å². The van der Waals surface area contributed by atoms with Crippen molar-refractivity contribution in [1.82, 2.24) is 0 Å². The van der Waals surface area contributed by atoms with E-state index in [1.165, 1.54) is 0 Å². The Kier molecular flexibility index (Phi) is 4.28. The Morgan fingerprint density at radius 1 is 0.812 bits per heavy atom. The van der Waals surface area contributed by atoms with Crippen LogP contribution in [0.4, 0.5) is 0 Å². The Balaban J connectivity index is 3.47. The van der Waals surface area contributed by atoms with Gasteiger partial charge in [-0.05, 0) is 6.42 Å². The summed E-state index contributed by atoms with van der Waals surface area (Å²) in [6.45, 7) is 2.03. The molecular formula is C12H18O4. The maximum atomic E-state index is 5.36. The summed E-state index contributed by atoms with van der Waals surface area (Å²) < 4.78 is 21.2. The molecule has 0 bridgehead atoms. The smallest absolute Gasteiger partial charge is 0.203 e. The van der Waals surface area contributed by atoms with Crippen LogP contribution >= 0.6 is 0 Å². The summed E-state index contributed by atoms with van der Waals surface area (Å²) in [5.41, 5.74) is 0.975. The number of benzene rings is 1. The molecule has 0 aliphatic heterocycles. The van der Waals surface area contributed by atoms with Crippen LogP contribution in [0.2, 0.25) is 0 Å². The predicted molar refractivity (Wildman–Crippen MR) is 62.0 cm³/mol. The molecule has 4 nitrogen and oxygen atoms in total. The summed E-state index contributed by atoms with van der Waals surface area (Å²) in [4.78, 5) is 0. The standard InChI is InChI=1S/C12H18O4/c1-6-8-9(13-2)7-10(14-3)12(16-5)11(8)15-4/h7H,6H2,1-5H3. The quantitative estimate of drug-likeness (QED) is 0.772. The first kappa shape index (κ1) is 12.5. The van der Waals surface area contributed by atoms with Gasteiger partial charge in [-0.2, -0.15) is 0 Å². The van der Waals surface area contributed by atoms with E-state index in [1.54, 1.807) is 34.5 Å². The molecule has 0 saturated carbocycles. The van der Waals surface area contributed by atoms with Crippen molar-refractivity contribution < 1.29 is 18.9 Å². The molecule has 0 aliphatic carbocycles. The molecule has 16 heavy (non-hydrogen) atoms. The fourth-order valence-corrected chi connectivity index (χ4v) is 1.71. The molecule has 0 amide bonds. The third-order valence-corrected chi connectivity index (χ3v) is 2.47. The van der Waals surface area contributed by atoms with E-state index in [0.717, 1.165) is 17.7 Å². The van der Waals surface area contributed by atoms with Gasteiger partial charge in [-0.15, -0.1) is 0 Å². The average Bonchev–Trinajstić information content (AvgIpc) is 2.35. The molecule has 1 rings (SSSR count). The molecular weight excluding hydrogens is 208 g/mol. The van der Waals surface area contributed by atoms with Gasteiger partial charge in [0.1, 0.15) is 5.75 Å². The van der Waals surface area contributed by atoms with Crippen molar-refractivity contribution in [3.8, 4) is 23.0 Å². The van der Waals surface area contributed by atoms with Crippen molar-refractivity contribution >= 4 is 0 Å². The van der Waals surface area contributed by atoms with E-state index in [2.05, 4.69) is 0 Å². The van der Waals surface area contributed by atoms with Crippen LogP contribution in [0.1, 0.15) is 12.5 Å². The van der Waals surface area contributed by atoms with E-state index >= 15 is 0 Å². The summed E-state index contributed by atoms with van der Waals surface area (Å²) in [7, 11) is 6.41. The van der Waals surface area contributed by atoms with Crippen LogP contribution in [0, 0.1) is 0 Å². The third-order valence-electron chi connectivity index (χ3n) is 2.47. The molecule has 0 N–H and O–H groups in total. The summed E-state index contributed by atoms with van der Waals surface area (Å²) in [5, 5.41) is 0. The molecule has 0 aromatic heterocycles. The maximum Gasteiger partial charge on any atom is 0.203 e. The minimum absolute atomic E-state index is 0.600. The Bertz CT molecular complexity index is 330. The Hall–Kier alpha value is -1.58. The first-order valence-electron chi connectivity index (χ1n) is 5.09. The molecule has 4 heteroatoms. The second-order valence-corrected chi connectivity index (χ2v) is 3.18. The lowest BCUT2D eigenvalue weighted by atomic mass is 10.1. The van der Waals surface area contributed by atoms with Gasteiger partial charge in [0.2, 0.25) is 5.75 Å². The van der Waals surface area contributed by atoms with Gasteiger partial charge in [0.05, 0.1) is 28.4 Å². The molecule has 0 radical (unpaired) electrons. The third kappa shape index (κ3) is 2.01. The van der Waals surface area contributed by atoms with Gasteiger partial charge in [-0.25, -0.2) is 0 Å². The van der Waals surface area contributed by atoms with Gasteiger partial charge in [0.25, 0.3) is 0 Å². The second kappa shape index (κ2) is 5.49. The maximum absolute atomic E-state index is 5.36. The van der Waals surface area contributed by atoms with Crippen molar-refractivity contribution in [1.29, 1.82) is 0 Å². The molecule has 0 aliphatic rings. The van der Waals surface area contributed by atoms with E-state index in [9.17, 15) is 0 Å². The highest BCUT2D eigenvalue weighted by atomic mass is 16.5. The number of methoxy groups -OCH3 is 4. The van der Waals surface area contributed by atoms with Gasteiger partial charge >= 0.3 is 0 Å². The SMILES string of the molecule is CCc1c(OC)cc(OC)c(OC)c1OC. The van der Waals surface area contributed by atoms with Crippen LogP contribution in [0.15, 0.2) is 6.07 Å². The molecule has 0 heterocycles. The summed E-state index contributed by atoms with van der Waals surface area (Å²) in [6, 6.07) is 1.81. The highest BCUT2D eigenvalue weighted by Gasteiger charge is 2.19. The number of ether oxygens (including phenoxy) is 4. The van der Waals surface area contributed by atoms with E-state index in [0.29, 0.717) is 17.2 Å². The van der Waals surface area contributed by atoms with Gasteiger partial charge in [-0.1, -0.05) is 6.92 Å². The number of rotatable bonds is 5. The summed E-state index contributed by atoms with van der Waals surface area (Å²) in [5.74, 6) is 2.62. The Labute approximate surface area is 96.1 Å². The average molecular weight is 226 g/mol. The first-order valence-corrected chi connectivity index (χ1v) is 5.09. The van der Waals surface area contributed by atoms with Crippen molar-refractivity contribution in [2.75, 3.05) is 28.4 Å². The number of hydrogen-bond acceptors (Lipinski definition) is 4. The van der Waals surface area contributed by atoms with Crippen molar-refractivity contribution in [2.45, 2.75) is 13.3 Å². The molecule has 1 aromatic rings. The largest absolute Gasteiger partial charge is 0.496 e. The zero-order valence-electron chi connectivity index (χ0n) is 10.4. The number of hydrogen-bond donors (Lipinski definition) is 0. The van der Waals surface area contributed by atoms with Crippen LogP contribution in [-0.2, 0) is 6.42 Å². The summed E-state index contributed by atoms with van der Waals surface area (Å²) in [6.07, 6.45) is 0.798. The van der Waals surface area contributed by atoms with E-state index < -0.39 is 0 Å². The Morgan fingerprint density at radius 3 is 1.75 bits per heavy atom. The van der Waals surface area contributed by atoms with E-state index in [-0.39, 0.29) is 0 Å². The summed E-state index contributed by atoms with van der Waals surface area (Å²) >= 11 is 0. The Morgan fingerprint density at radius 2 is 1.38 bits per heavy atom. The fraction of sp³-hybridized carbons (Fsp3) is 0.500. The molecule has 0 spiro atoms. The van der Waals surface area contributed by atoms with Gasteiger partial charge in [0.15, 0.2) is 11.5 Å². The van der Waals surface area contributed by atoms with Crippen LogP contribution < -0.4 is 18.9 Å². The lowest BCUT2D eigenvalue weighted by Gasteiger charge is -2.17. The molecule has 0 atom stereocenters. The second-order valence-electron chi connectivity index (χ2n) is 3.18. The lowest BCUT2D eigenvalue weighted by Crippen LogP contribution is -2.01. The molecule has 0 saturated heterocycles. The molecule has 0 fully saturated rings. The zero-order valence-corrected chi connectivity index (χ0v) is 10.4. The van der Waals surface area contributed by atoms with Crippen molar-refractivity contribution in [3.63, 3.8) is 0 Å². The molecule has 0 unspecified atom stereocenters. The van der Waals surface area contributed by atoms with Crippen LogP contribution in [0.5, 0.6) is 23.0 Å². The zero-order chi connectivity index (χ0) is 12.1. The van der Waals surface area contributed by atoms with Crippen LogP contribution in [-0.4, -0.2) is 28.4 Å². The van der Waals surface area contributed by atoms with Crippen LogP contribution in [0.25, 0.3) is 0 Å². The minimum Gasteiger partial charge on any atom is -0.496 e. The molecule has 90 valence electrons. The van der Waals surface area contributed by atoms with Gasteiger partial charge in [0, 0.05) is 11.6 Å². The highest BCUT2D eigenvalue weighted by molar-refractivity contribution is 5.61. The fourth-order valence-electron chi connectivity index (χ4n) is 1.71. The minimum atomic E-state index is 0.600.